The van der Waals surface area contributed by atoms with E-state index in [2.05, 4.69) is 15.0 Å². The molecule has 1 aromatic carbocycles. The Morgan fingerprint density at radius 3 is 2.56 bits per heavy atom. The molecular formula is C14H10ClN3. The standard InChI is InChI=1S/C14H10ClN3/c1-9-8-13(18-14(15)16-9)12-7-6-10-4-2-3-5-11(10)17-12/h2-8H,1H3. The van der Waals surface area contributed by atoms with Crippen LogP contribution in [0, 0.1) is 6.92 Å². The van der Waals surface area contributed by atoms with Gasteiger partial charge < -0.3 is 0 Å². The van der Waals surface area contributed by atoms with Crippen molar-refractivity contribution in [2.24, 2.45) is 0 Å². The smallest absolute Gasteiger partial charge is 0.223 e. The minimum atomic E-state index is 0.250. The van der Waals surface area contributed by atoms with Crippen molar-refractivity contribution in [3.63, 3.8) is 0 Å². The monoisotopic (exact) mass is 255 g/mol. The maximum absolute atomic E-state index is 5.87. The van der Waals surface area contributed by atoms with Gasteiger partial charge in [0.25, 0.3) is 0 Å². The third-order valence-electron chi connectivity index (χ3n) is 2.69. The second kappa shape index (κ2) is 4.35. The van der Waals surface area contributed by atoms with Crippen LogP contribution in [-0.2, 0) is 0 Å². The van der Waals surface area contributed by atoms with Crippen LogP contribution in [0.1, 0.15) is 5.69 Å². The molecule has 0 unspecified atom stereocenters. The minimum Gasteiger partial charge on any atom is -0.246 e. The van der Waals surface area contributed by atoms with Crippen LogP contribution in [0.3, 0.4) is 0 Å². The second-order valence-electron chi connectivity index (χ2n) is 4.05. The van der Waals surface area contributed by atoms with Crippen molar-refractivity contribution in [1.82, 2.24) is 15.0 Å². The van der Waals surface area contributed by atoms with Crippen LogP contribution in [0.4, 0.5) is 0 Å². The van der Waals surface area contributed by atoms with Crippen molar-refractivity contribution in [3.05, 3.63) is 53.4 Å². The highest BCUT2D eigenvalue weighted by Gasteiger charge is 2.05. The molecule has 0 spiro atoms. The molecular weight excluding hydrogens is 246 g/mol. The van der Waals surface area contributed by atoms with E-state index >= 15 is 0 Å². The van der Waals surface area contributed by atoms with E-state index < -0.39 is 0 Å². The first-order valence-electron chi connectivity index (χ1n) is 5.60. The van der Waals surface area contributed by atoms with Crippen molar-refractivity contribution in [1.29, 1.82) is 0 Å². The minimum absolute atomic E-state index is 0.250. The summed E-state index contributed by atoms with van der Waals surface area (Å²) < 4.78 is 0. The topological polar surface area (TPSA) is 38.7 Å². The molecule has 2 heterocycles. The summed E-state index contributed by atoms with van der Waals surface area (Å²) in [6.45, 7) is 1.89. The van der Waals surface area contributed by atoms with Gasteiger partial charge in [0, 0.05) is 11.1 Å². The first-order valence-corrected chi connectivity index (χ1v) is 5.97. The number of aryl methyl sites for hydroxylation is 1. The third kappa shape index (κ3) is 2.05. The molecule has 4 heteroatoms. The number of hydrogen-bond acceptors (Lipinski definition) is 3. The first-order chi connectivity index (χ1) is 8.72. The largest absolute Gasteiger partial charge is 0.246 e. The number of pyridine rings is 1. The molecule has 0 fully saturated rings. The van der Waals surface area contributed by atoms with E-state index in [-0.39, 0.29) is 5.28 Å². The summed E-state index contributed by atoms with van der Waals surface area (Å²) in [5.74, 6) is 0. The average molecular weight is 256 g/mol. The first kappa shape index (κ1) is 11.1. The van der Waals surface area contributed by atoms with Gasteiger partial charge in [-0.05, 0) is 36.7 Å². The molecule has 0 atom stereocenters. The summed E-state index contributed by atoms with van der Waals surface area (Å²) in [6, 6.07) is 13.8. The van der Waals surface area contributed by atoms with Crippen LogP contribution in [0.25, 0.3) is 22.3 Å². The number of para-hydroxylation sites is 1. The number of nitrogens with zero attached hydrogens (tertiary/aromatic N) is 3. The van der Waals surface area contributed by atoms with Gasteiger partial charge >= 0.3 is 0 Å². The van der Waals surface area contributed by atoms with E-state index in [1.165, 1.54) is 0 Å². The molecule has 0 saturated heterocycles. The zero-order valence-electron chi connectivity index (χ0n) is 9.76. The molecule has 2 aromatic heterocycles. The van der Waals surface area contributed by atoms with Crippen LogP contribution < -0.4 is 0 Å². The lowest BCUT2D eigenvalue weighted by Gasteiger charge is -2.03. The zero-order valence-corrected chi connectivity index (χ0v) is 10.5. The molecule has 18 heavy (non-hydrogen) atoms. The predicted molar refractivity (Wildman–Crippen MR) is 72.5 cm³/mol. The Hall–Kier alpha value is -2.00. The van der Waals surface area contributed by atoms with E-state index in [1.54, 1.807) is 0 Å². The van der Waals surface area contributed by atoms with Crippen molar-refractivity contribution in [3.8, 4) is 11.4 Å². The Kier molecular flexibility index (Phi) is 2.68. The summed E-state index contributed by atoms with van der Waals surface area (Å²) in [5, 5.41) is 1.36. The Morgan fingerprint density at radius 1 is 0.889 bits per heavy atom. The molecule has 88 valence electrons. The van der Waals surface area contributed by atoms with E-state index in [1.807, 2.05) is 49.4 Å². The van der Waals surface area contributed by atoms with Crippen molar-refractivity contribution in [2.75, 3.05) is 0 Å². The number of aromatic nitrogens is 3. The fourth-order valence-electron chi connectivity index (χ4n) is 1.87. The van der Waals surface area contributed by atoms with E-state index in [9.17, 15) is 0 Å². The molecule has 0 bridgehead atoms. The Bertz CT molecular complexity index is 705. The summed E-state index contributed by atoms with van der Waals surface area (Å²) in [7, 11) is 0. The SMILES string of the molecule is Cc1cc(-c2ccc3ccccc3n2)nc(Cl)n1. The molecule has 0 aliphatic heterocycles. The molecule has 0 N–H and O–H groups in total. The van der Waals surface area contributed by atoms with E-state index in [0.29, 0.717) is 0 Å². The van der Waals surface area contributed by atoms with Crippen LogP contribution in [-0.4, -0.2) is 15.0 Å². The molecule has 0 amide bonds. The molecule has 3 rings (SSSR count). The van der Waals surface area contributed by atoms with Crippen LogP contribution in [0.2, 0.25) is 5.28 Å². The highest BCUT2D eigenvalue weighted by atomic mass is 35.5. The quantitative estimate of drug-likeness (QED) is 0.623. The van der Waals surface area contributed by atoms with Gasteiger partial charge in [0.05, 0.1) is 16.9 Å². The van der Waals surface area contributed by atoms with Gasteiger partial charge in [-0.2, -0.15) is 0 Å². The molecule has 3 nitrogen and oxygen atoms in total. The highest BCUT2D eigenvalue weighted by Crippen LogP contribution is 2.20. The third-order valence-corrected chi connectivity index (χ3v) is 2.86. The van der Waals surface area contributed by atoms with Gasteiger partial charge in [-0.3, -0.25) is 0 Å². The number of fused-ring (bicyclic) bond motifs is 1. The van der Waals surface area contributed by atoms with Gasteiger partial charge in [-0.15, -0.1) is 0 Å². The van der Waals surface area contributed by atoms with Gasteiger partial charge in [0.1, 0.15) is 0 Å². The average Bonchev–Trinajstić information content (AvgIpc) is 2.37. The van der Waals surface area contributed by atoms with Crippen molar-refractivity contribution in [2.45, 2.75) is 6.92 Å². The van der Waals surface area contributed by atoms with Gasteiger partial charge in [0.15, 0.2) is 0 Å². The summed E-state index contributed by atoms with van der Waals surface area (Å²) in [6.07, 6.45) is 0. The maximum Gasteiger partial charge on any atom is 0.223 e. The Morgan fingerprint density at radius 2 is 1.72 bits per heavy atom. The maximum atomic E-state index is 5.87. The fraction of sp³-hybridized carbons (Fsp3) is 0.0714. The molecule has 0 radical (unpaired) electrons. The predicted octanol–water partition coefficient (Wildman–Crippen LogP) is 3.65. The summed E-state index contributed by atoms with van der Waals surface area (Å²) in [5.41, 5.74) is 3.33. The van der Waals surface area contributed by atoms with E-state index in [0.717, 1.165) is 28.0 Å². The lowest BCUT2D eigenvalue weighted by atomic mass is 10.1. The van der Waals surface area contributed by atoms with Gasteiger partial charge in [0.2, 0.25) is 5.28 Å². The number of hydrogen-bond donors (Lipinski definition) is 0. The fourth-order valence-corrected chi connectivity index (χ4v) is 2.10. The zero-order chi connectivity index (χ0) is 12.5. The van der Waals surface area contributed by atoms with E-state index in [4.69, 9.17) is 11.6 Å². The Balaban J connectivity index is 2.19. The van der Waals surface area contributed by atoms with Crippen LogP contribution in [0.15, 0.2) is 42.5 Å². The number of halogens is 1. The molecule has 0 saturated carbocycles. The second-order valence-corrected chi connectivity index (χ2v) is 4.39. The highest BCUT2D eigenvalue weighted by molar-refractivity contribution is 6.28. The Labute approximate surface area is 109 Å². The summed E-state index contributed by atoms with van der Waals surface area (Å²) >= 11 is 5.87. The normalized spacial score (nSPS) is 10.8. The lowest BCUT2D eigenvalue weighted by molar-refractivity contribution is 1.10. The molecule has 3 aromatic rings. The van der Waals surface area contributed by atoms with Gasteiger partial charge in [-0.25, -0.2) is 15.0 Å². The molecule has 0 aliphatic carbocycles. The number of benzene rings is 1. The van der Waals surface area contributed by atoms with Gasteiger partial charge in [-0.1, -0.05) is 24.3 Å². The van der Waals surface area contributed by atoms with Crippen LogP contribution in [0.5, 0.6) is 0 Å². The van der Waals surface area contributed by atoms with Crippen molar-refractivity contribution >= 4 is 22.5 Å². The molecule has 0 aliphatic rings. The number of rotatable bonds is 1. The summed E-state index contributed by atoms with van der Waals surface area (Å²) in [4.78, 5) is 12.8. The van der Waals surface area contributed by atoms with Crippen molar-refractivity contribution < 1.29 is 0 Å². The van der Waals surface area contributed by atoms with Crippen LogP contribution >= 0.6 is 11.6 Å². The lowest BCUT2D eigenvalue weighted by Crippen LogP contribution is -1.93.